The van der Waals surface area contributed by atoms with Crippen molar-refractivity contribution in [2.45, 2.75) is 59.5 Å². The van der Waals surface area contributed by atoms with E-state index in [9.17, 15) is 34.1 Å². The molecule has 3 amide bonds. The summed E-state index contributed by atoms with van der Waals surface area (Å²) in [5, 5.41) is 28.4. The average molecular weight is 581 g/mol. The number of hydrogen-bond acceptors (Lipinski definition) is 7. The maximum Gasteiger partial charge on any atom is 0.412 e. The third-order valence-corrected chi connectivity index (χ3v) is 7.81. The van der Waals surface area contributed by atoms with Crippen LogP contribution in [0.4, 0.5) is 10.5 Å². The third-order valence-electron chi connectivity index (χ3n) is 6.08. The third kappa shape index (κ3) is 10.2. The molecule has 1 aromatic heterocycles. The van der Waals surface area contributed by atoms with E-state index in [1.165, 1.54) is 7.05 Å². The van der Waals surface area contributed by atoms with Crippen LogP contribution in [0.1, 0.15) is 46.1 Å². The molecule has 0 saturated carbocycles. The van der Waals surface area contributed by atoms with Crippen LogP contribution in [-0.2, 0) is 31.8 Å². The van der Waals surface area contributed by atoms with Crippen molar-refractivity contribution in [1.82, 2.24) is 15.2 Å². The fraction of sp³-hybridized carbons (Fsp3) is 0.519. The lowest BCUT2D eigenvalue weighted by molar-refractivity contribution is -0.131. The summed E-state index contributed by atoms with van der Waals surface area (Å²) in [7, 11) is -2.70. The van der Waals surface area contributed by atoms with Gasteiger partial charge in [-0.05, 0) is 30.2 Å². The van der Waals surface area contributed by atoms with Gasteiger partial charge in [-0.3, -0.25) is 24.0 Å². The number of rotatable bonds is 14. The summed E-state index contributed by atoms with van der Waals surface area (Å²) in [5.41, 5.74) is 0.531. The number of benzene rings is 1. The highest BCUT2D eigenvalue weighted by atomic mass is 31.2. The highest BCUT2D eigenvalue weighted by molar-refractivity contribution is 7.56. The standard InChI is InChI=1S/C27H41N4O8P/c1-17(2)11-20(24(33)29-21(12-18(3)4)25(34)28-5)15-40(37,38)16-31-23(32)13-22(26(31)35)30-27(36)39-14-19-9-7-6-8-10-19/h6-10,13,17-18,20-21,32,35H,11-12,14-16H2,1-5H3,(H,28,34)(H,29,33)(H,30,36)(H,37,38)/t20?,21-/m0/s1. The Labute approximate surface area is 234 Å². The molecule has 3 atom stereocenters. The molecule has 2 aromatic rings. The lowest BCUT2D eigenvalue weighted by atomic mass is 9.96. The number of hydrogen-bond donors (Lipinski definition) is 6. The summed E-state index contributed by atoms with van der Waals surface area (Å²) < 4.78 is 19.2. The molecule has 40 heavy (non-hydrogen) atoms. The lowest BCUT2D eigenvalue weighted by Crippen LogP contribution is -2.48. The van der Waals surface area contributed by atoms with Gasteiger partial charge in [0.15, 0.2) is 5.88 Å². The predicted octanol–water partition coefficient (Wildman–Crippen LogP) is 3.82. The second-order valence-corrected chi connectivity index (χ2v) is 13.0. The number of carbonyl (C=O) groups excluding carboxylic acids is 3. The highest BCUT2D eigenvalue weighted by Crippen LogP contribution is 2.48. The minimum Gasteiger partial charge on any atom is -0.494 e. The molecule has 222 valence electrons. The van der Waals surface area contributed by atoms with Crippen LogP contribution in [0.15, 0.2) is 36.4 Å². The van der Waals surface area contributed by atoms with E-state index < -0.39 is 55.5 Å². The molecule has 0 aliphatic carbocycles. The summed E-state index contributed by atoms with van der Waals surface area (Å²) in [4.78, 5) is 48.5. The van der Waals surface area contributed by atoms with Crippen LogP contribution in [0, 0.1) is 17.8 Å². The molecule has 0 spiro atoms. The SMILES string of the molecule is CNC(=O)[C@H](CC(C)C)NC(=O)C(CC(C)C)CP(=O)(O)Cn1c(O)cc(NC(=O)OCc2ccccc2)c1O. The van der Waals surface area contributed by atoms with Crippen LogP contribution in [0.3, 0.4) is 0 Å². The second kappa shape index (κ2) is 14.8. The Morgan fingerprint density at radius 2 is 1.62 bits per heavy atom. The van der Waals surface area contributed by atoms with Gasteiger partial charge in [-0.1, -0.05) is 58.0 Å². The van der Waals surface area contributed by atoms with E-state index in [0.717, 1.165) is 16.2 Å². The number of aromatic nitrogens is 1. The summed E-state index contributed by atoms with van der Waals surface area (Å²) in [6, 6.07) is 9.15. The number of aromatic hydroxyl groups is 2. The van der Waals surface area contributed by atoms with Crippen molar-refractivity contribution in [3.05, 3.63) is 42.0 Å². The van der Waals surface area contributed by atoms with E-state index in [2.05, 4.69) is 16.0 Å². The summed E-state index contributed by atoms with van der Waals surface area (Å²) >= 11 is 0. The van der Waals surface area contributed by atoms with Gasteiger partial charge in [0, 0.05) is 25.2 Å². The van der Waals surface area contributed by atoms with Crippen molar-refractivity contribution in [3.8, 4) is 11.8 Å². The first-order chi connectivity index (χ1) is 18.7. The Kier molecular flexibility index (Phi) is 12.1. The smallest absolute Gasteiger partial charge is 0.412 e. The minimum atomic E-state index is -4.17. The predicted molar refractivity (Wildman–Crippen MR) is 151 cm³/mol. The Morgan fingerprint density at radius 3 is 2.20 bits per heavy atom. The van der Waals surface area contributed by atoms with Crippen molar-refractivity contribution < 1.29 is 38.8 Å². The van der Waals surface area contributed by atoms with Crippen molar-refractivity contribution in [3.63, 3.8) is 0 Å². The molecule has 0 aliphatic rings. The van der Waals surface area contributed by atoms with Gasteiger partial charge in [0.25, 0.3) is 0 Å². The van der Waals surface area contributed by atoms with E-state index >= 15 is 0 Å². The van der Waals surface area contributed by atoms with Crippen LogP contribution in [0.25, 0.3) is 0 Å². The number of likely N-dealkylation sites (N-methyl/N-ethyl adjacent to an activating group) is 1. The molecule has 12 nitrogen and oxygen atoms in total. The van der Waals surface area contributed by atoms with E-state index in [1.54, 1.807) is 24.3 Å². The topological polar surface area (TPSA) is 179 Å². The van der Waals surface area contributed by atoms with E-state index in [0.29, 0.717) is 6.42 Å². The molecule has 1 heterocycles. The van der Waals surface area contributed by atoms with Crippen molar-refractivity contribution in [1.29, 1.82) is 0 Å². The molecule has 2 unspecified atom stereocenters. The first-order valence-corrected chi connectivity index (χ1v) is 15.2. The number of anilines is 1. The number of ether oxygens (including phenoxy) is 1. The monoisotopic (exact) mass is 580 g/mol. The average Bonchev–Trinajstić information content (AvgIpc) is 3.12. The van der Waals surface area contributed by atoms with Crippen LogP contribution >= 0.6 is 7.37 Å². The van der Waals surface area contributed by atoms with Gasteiger partial charge in [0.05, 0.1) is 0 Å². The summed E-state index contributed by atoms with van der Waals surface area (Å²) in [5.74, 6) is -2.88. The van der Waals surface area contributed by atoms with Gasteiger partial charge in [-0.2, -0.15) is 0 Å². The zero-order chi connectivity index (χ0) is 30.0. The number of nitrogens with one attached hydrogen (secondary N) is 3. The summed E-state index contributed by atoms with van der Waals surface area (Å²) in [6.45, 7) is 7.54. The fourth-order valence-corrected chi connectivity index (χ4v) is 6.09. The Hall–Kier alpha value is -3.50. The zero-order valence-electron chi connectivity index (χ0n) is 23.6. The molecular weight excluding hydrogens is 539 g/mol. The van der Waals surface area contributed by atoms with Gasteiger partial charge in [-0.25, -0.2) is 4.79 Å². The van der Waals surface area contributed by atoms with Crippen molar-refractivity contribution >= 4 is 31.0 Å². The maximum absolute atomic E-state index is 13.3. The van der Waals surface area contributed by atoms with E-state index in [1.807, 2.05) is 33.8 Å². The van der Waals surface area contributed by atoms with Gasteiger partial charge >= 0.3 is 6.09 Å². The van der Waals surface area contributed by atoms with Crippen molar-refractivity contribution in [2.75, 3.05) is 18.5 Å². The molecule has 0 aliphatic heterocycles. The highest BCUT2D eigenvalue weighted by Gasteiger charge is 2.33. The molecular formula is C27H41N4O8P. The first-order valence-electron chi connectivity index (χ1n) is 13.1. The number of amides is 3. The Morgan fingerprint density at radius 1 is 1.00 bits per heavy atom. The first kappa shape index (κ1) is 32.7. The largest absolute Gasteiger partial charge is 0.494 e. The van der Waals surface area contributed by atoms with Gasteiger partial charge in [-0.15, -0.1) is 0 Å². The van der Waals surface area contributed by atoms with Crippen molar-refractivity contribution in [2.24, 2.45) is 17.8 Å². The molecule has 1 aromatic carbocycles. The lowest BCUT2D eigenvalue weighted by Gasteiger charge is -2.25. The molecule has 0 saturated heterocycles. The van der Waals surface area contributed by atoms with Crippen LogP contribution in [0.5, 0.6) is 11.8 Å². The minimum absolute atomic E-state index is 0.00499. The van der Waals surface area contributed by atoms with Gasteiger partial charge < -0.3 is 30.5 Å². The quantitative estimate of drug-likeness (QED) is 0.183. The molecule has 0 bridgehead atoms. The van der Waals surface area contributed by atoms with Crippen LogP contribution < -0.4 is 16.0 Å². The Balaban J connectivity index is 2.12. The molecule has 2 rings (SSSR count). The zero-order valence-corrected chi connectivity index (χ0v) is 24.5. The maximum atomic E-state index is 13.3. The second-order valence-electron chi connectivity index (χ2n) is 10.7. The molecule has 13 heteroatoms. The summed E-state index contributed by atoms with van der Waals surface area (Å²) in [6.07, 6.45) is -1.38. The molecule has 6 N–H and O–H groups in total. The fourth-order valence-electron chi connectivity index (χ4n) is 4.25. The molecule has 0 radical (unpaired) electrons. The van der Waals surface area contributed by atoms with E-state index in [-0.39, 0.29) is 36.5 Å². The van der Waals surface area contributed by atoms with Gasteiger partial charge in [0.1, 0.15) is 24.6 Å². The van der Waals surface area contributed by atoms with Crippen LogP contribution in [-0.4, -0.2) is 56.8 Å². The Bertz CT molecular complexity index is 1200. The van der Waals surface area contributed by atoms with Gasteiger partial charge in [0.2, 0.25) is 25.1 Å². The normalized spacial score (nSPS) is 14.3. The van der Waals surface area contributed by atoms with E-state index in [4.69, 9.17) is 4.74 Å². The molecule has 0 fully saturated rings. The van der Waals surface area contributed by atoms with Crippen LogP contribution in [0.2, 0.25) is 0 Å². The number of nitrogens with zero attached hydrogens (tertiary/aromatic N) is 1. The number of carbonyl (C=O) groups is 3.